The van der Waals surface area contributed by atoms with Crippen LogP contribution in [0, 0.1) is 0 Å². The average Bonchev–Trinajstić information content (AvgIpc) is 3.27. The highest BCUT2D eigenvalue weighted by Crippen LogP contribution is 2.35. The Bertz CT molecular complexity index is 803. The molecular formula is C21H19NS. The lowest BCUT2D eigenvalue weighted by Gasteiger charge is -2.20. The fourth-order valence-corrected chi connectivity index (χ4v) is 3.93. The number of hydrogen-bond donors (Lipinski definition) is 1. The molecule has 0 aliphatic heterocycles. The first-order valence-electron chi connectivity index (χ1n) is 8.05. The molecule has 1 unspecified atom stereocenters. The molecule has 1 aromatic heterocycles. The van der Waals surface area contributed by atoms with E-state index in [-0.39, 0.29) is 0 Å². The summed E-state index contributed by atoms with van der Waals surface area (Å²) in [5.41, 5.74) is 6.54. The number of para-hydroxylation sites is 1. The van der Waals surface area contributed by atoms with Crippen molar-refractivity contribution in [3.05, 3.63) is 83.1 Å². The Hall–Kier alpha value is -2.32. The lowest BCUT2D eigenvalue weighted by atomic mass is 10.0. The van der Waals surface area contributed by atoms with Gasteiger partial charge in [0.2, 0.25) is 0 Å². The molecule has 1 atom stereocenters. The molecule has 1 aliphatic carbocycles. The third-order valence-corrected chi connectivity index (χ3v) is 5.07. The predicted octanol–water partition coefficient (Wildman–Crippen LogP) is 6.07. The van der Waals surface area contributed by atoms with Crippen molar-refractivity contribution < 1.29 is 0 Å². The first-order chi connectivity index (χ1) is 11.4. The molecule has 4 rings (SSSR count). The third-order valence-electron chi connectivity index (χ3n) is 4.39. The molecule has 0 amide bonds. The van der Waals surface area contributed by atoms with Crippen LogP contribution in [0.1, 0.15) is 18.4 Å². The SMILES string of the molecule is C1=C(c2ccsc2)C(Nc2ccccc2-c2ccccc2)CC1. The minimum absolute atomic E-state index is 0.398. The van der Waals surface area contributed by atoms with Crippen LogP contribution in [-0.4, -0.2) is 6.04 Å². The van der Waals surface area contributed by atoms with E-state index in [1.54, 1.807) is 11.3 Å². The number of rotatable bonds is 4. The lowest BCUT2D eigenvalue weighted by Crippen LogP contribution is -2.18. The van der Waals surface area contributed by atoms with E-state index < -0.39 is 0 Å². The normalized spacial score (nSPS) is 17.0. The molecule has 114 valence electrons. The van der Waals surface area contributed by atoms with Gasteiger partial charge < -0.3 is 5.32 Å². The molecule has 0 spiro atoms. The Balaban J connectivity index is 1.64. The average molecular weight is 317 g/mol. The van der Waals surface area contributed by atoms with E-state index in [0.29, 0.717) is 6.04 Å². The minimum atomic E-state index is 0.398. The monoisotopic (exact) mass is 317 g/mol. The van der Waals surface area contributed by atoms with Crippen molar-refractivity contribution in [2.24, 2.45) is 0 Å². The second-order valence-corrected chi connectivity index (χ2v) is 6.64. The highest BCUT2D eigenvalue weighted by atomic mass is 32.1. The van der Waals surface area contributed by atoms with E-state index in [9.17, 15) is 0 Å². The van der Waals surface area contributed by atoms with Crippen LogP contribution in [0.4, 0.5) is 5.69 Å². The Labute approximate surface area is 141 Å². The fraction of sp³-hybridized carbons (Fsp3) is 0.143. The topological polar surface area (TPSA) is 12.0 Å². The quantitative estimate of drug-likeness (QED) is 0.615. The molecular weight excluding hydrogens is 298 g/mol. The number of allylic oxidation sites excluding steroid dienone is 1. The third kappa shape index (κ3) is 2.95. The summed E-state index contributed by atoms with van der Waals surface area (Å²) in [6.45, 7) is 0. The summed E-state index contributed by atoms with van der Waals surface area (Å²) in [4.78, 5) is 0. The van der Waals surface area contributed by atoms with Gasteiger partial charge in [-0.05, 0) is 52.4 Å². The van der Waals surface area contributed by atoms with Crippen LogP contribution >= 0.6 is 11.3 Å². The van der Waals surface area contributed by atoms with Crippen LogP contribution in [0.25, 0.3) is 16.7 Å². The van der Waals surface area contributed by atoms with Crippen molar-refractivity contribution in [1.82, 2.24) is 0 Å². The molecule has 1 N–H and O–H groups in total. The van der Waals surface area contributed by atoms with Crippen LogP contribution in [-0.2, 0) is 0 Å². The molecule has 0 bridgehead atoms. The zero-order chi connectivity index (χ0) is 15.5. The van der Waals surface area contributed by atoms with Gasteiger partial charge in [0.05, 0.1) is 6.04 Å². The van der Waals surface area contributed by atoms with Crippen LogP contribution in [0.3, 0.4) is 0 Å². The molecule has 1 heterocycles. The maximum absolute atomic E-state index is 3.78. The first-order valence-corrected chi connectivity index (χ1v) is 9.00. The largest absolute Gasteiger partial charge is 0.378 e. The van der Waals surface area contributed by atoms with Gasteiger partial charge in [-0.3, -0.25) is 0 Å². The summed E-state index contributed by atoms with van der Waals surface area (Å²) in [6.07, 6.45) is 4.69. The maximum Gasteiger partial charge on any atom is 0.0520 e. The number of thiophene rings is 1. The number of nitrogens with one attached hydrogen (secondary N) is 1. The van der Waals surface area contributed by atoms with Crippen LogP contribution in [0.5, 0.6) is 0 Å². The van der Waals surface area contributed by atoms with Gasteiger partial charge in [0, 0.05) is 11.3 Å². The number of hydrogen-bond acceptors (Lipinski definition) is 2. The maximum atomic E-state index is 3.78. The van der Waals surface area contributed by atoms with E-state index in [4.69, 9.17) is 0 Å². The number of benzene rings is 2. The van der Waals surface area contributed by atoms with Crippen molar-refractivity contribution in [2.75, 3.05) is 5.32 Å². The molecule has 3 aromatic rings. The zero-order valence-corrected chi connectivity index (χ0v) is 13.7. The second kappa shape index (κ2) is 6.43. The van der Waals surface area contributed by atoms with Gasteiger partial charge in [-0.1, -0.05) is 54.6 Å². The highest BCUT2D eigenvalue weighted by molar-refractivity contribution is 7.08. The van der Waals surface area contributed by atoms with Gasteiger partial charge in [-0.15, -0.1) is 0 Å². The molecule has 23 heavy (non-hydrogen) atoms. The van der Waals surface area contributed by atoms with Gasteiger partial charge in [0.1, 0.15) is 0 Å². The van der Waals surface area contributed by atoms with Crippen LogP contribution < -0.4 is 5.32 Å². The number of anilines is 1. The van der Waals surface area contributed by atoms with E-state index in [1.165, 1.54) is 28.0 Å². The van der Waals surface area contributed by atoms with E-state index in [0.717, 1.165) is 12.8 Å². The highest BCUT2D eigenvalue weighted by Gasteiger charge is 2.21. The van der Waals surface area contributed by atoms with Crippen LogP contribution in [0.2, 0.25) is 0 Å². The molecule has 0 saturated heterocycles. The van der Waals surface area contributed by atoms with E-state index >= 15 is 0 Å². The molecule has 0 radical (unpaired) electrons. The van der Waals surface area contributed by atoms with Crippen LogP contribution in [0.15, 0.2) is 77.5 Å². The van der Waals surface area contributed by atoms with Crippen molar-refractivity contribution in [3.63, 3.8) is 0 Å². The first kappa shape index (κ1) is 14.3. The summed E-state index contributed by atoms with van der Waals surface area (Å²) in [7, 11) is 0. The van der Waals surface area contributed by atoms with Crippen molar-refractivity contribution >= 4 is 22.6 Å². The second-order valence-electron chi connectivity index (χ2n) is 5.86. The van der Waals surface area contributed by atoms with E-state index in [2.05, 4.69) is 82.8 Å². The Morgan fingerprint density at radius 1 is 0.870 bits per heavy atom. The van der Waals surface area contributed by atoms with Crippen molar-refractivity contribution in [2.45, 2.75) is 18.9 Å². The van der Waals surface area contributed by atoms with Gasteiger partial charge in [0.25, 0.3) is 0 Å². The minimum Gasteiger partial charge on any atom is -0.378 e. The molecule has 2 aromatic carbocycles. The van der Waals surface area contributed by atoms with E-state index in [1.807, 2.05) is 0 Å². The Kier molecular flexibility index (Phi) is 3.99. The smallest absolute Gasteiger partial charge is 0.0520 e. The molecule has 0 fully saturated rings. The predicted molar refractivity (Wildman–Crippen MR) is 101 cm³/mol. The fourth-order valence-electron chi connectivity index (χ4n) is 3.27. The van der Waals surface area contributed by atoms with Crippen molar-refractivity contribution in [1.29, 1.82) is 0 Å². The summed E-state index contributed by atoms with van der Waals surface area (Å²) in [5.74, 6) is 0. The molecule has 1 nitrogen and oxygen atoms in total. The van der Waals surface area contributed by atoms with Gasteiger partial charge in [-0.25, -0.2) is 0 Å². The van der Waals surface area contributed by atoms with Crippen molar-refractivity contribution in [3.8, 4) is 11.1 Å². The molecule has 0 saturated carbocycles. The lowest BCUT2D eigenvalue weighted by molar-refractivity contribution is 0.836. The Morgan fingerprint density at radius 3 is 2.52 bits per heavy atom. The molecule has 1 aliphatic rings. The van der Waals surface area contributed by atoms with Gasteiger partial charge in [0.15, 0.2) is 0 Å². The van der Waals surface area contributed by atoms with Gasteiger partial charge in [-0.2, -0.15) is 11.3 Å². The summed E-state index contributed by atoms with van der Waals surface area (Å²) in [5, 5.41) is 8.18. The standard InChI is InChI=1S/C21H19NS/c1-2-7-16(8-3-1)18-9-4-5-11-20(18)22-21-12-6-10-19(21)17-13-14-23-15-17/h1-5,7-11,13-15,21-22H,6,12H2. The van der Waals surface area contributed by atoms with Gasteiger partial charge >= 0.3 is 0 Å². The zero-order valence-electron chi connectivity index (χ0n) is 12.9. The summed E-state index contributed by atoms with van der Waals surface area (Å²) < 4.78 is 0. The summed E-state index contributed by atoms with van der Waals surface area (Å²) >= 11 is 1.77. The Morgan fingerprint density at radius 2 is 1.70 bits per heavy atom. The summed E-state index contributed by atoms with van der Waals surface area (Å²) in [6, 6.07) is 21.8. The molecule has 2 heteroatoms.